The van der Waals surface area contributed by atoms with Gasteiger partial charge in [-0.2, -0.15) is 0 Å². The van der Waals surface area contributed by atoms with Gasteiger partial charge in [0.15, 0.2) is 0 Å². The Morgan fingerprint density at radius 3 is 2.00 bits per heavy atom. The molecule has 0 aromatic rings. The maximum absolute atomic E-state index is 6.17. The zero-order chi connectivity index (χ0) is 10.8. The van der Waals surface area contributed by atoms with Gasteiger partial charge < -0.3 is 0 Å². The zero-order valence-corrected chi connectivity index (χ0v) is 12.0. The summed E-state index contributed by atoms with van der Waals surface area (Å²) in [6.45, 7) is 6.73. The second-order valence-corrected chi connectivity index (χ2v) is 13.4. The van der Waals surface area contributed by atoms with E-state index in [1.807, 2.05) is 6.66 Å². The van der Waals surface area contributed by atoms with E-state index in [0.717, 1.165) is 23.9 Å². The van der Waals surface area contributed by atoms with E-state index in [9.17, 15) is 0 Å². The van der Waals surface area contributed by atoms with Gasteiger partial charge in [-0.1, -0.05) is 0 Å². The molecule has 0 bridgehead atoms. The van der Waals surface area contributed by atoms with Crippen LogP contribution < -0.4 is 0 Å². The van der Waals surface area contributed by atoms with Crippen LogP contribution in [0.5, 0.6) is 0 Å². The molecule has 0 radical (unpaired) electrons. The van der Waals surface area contributed by atoms with Crippen LogP contribution in [0.1, 0.15) is 39.5 Å². The van der Waals surface area contributed by atoms with E-state index in [-0.39, 0.29) is 0 Å². The van der Waals surface area contributed by atoms with Gasteiger partial charge in [-0.05, 0) is 0 Å². The third kappa shape index (κ3) is 4.69. The van der Waals surface area contributed by atoms with Crippen molar-refractivity contribution in [2.45, 2.75) is 39.5 Å². The van der Waals surface area contributed by atoms with Crippen molar-refractivity contribution in [1.29, 1.82) is 0 Å². The predicted octanol–water partition coefficient (Wildman–Crippen LogP) is 5.14. The first-order valence-corrected chi connectivity index (χ1v) is 10.5. The summed E-state index contributed by atoms with van der Waals surface area (Å²) >= 11 is 12.3. The summed E-state index contributed by atoms with van der Waals surface area (Å²) in [4.78, 5) is 0. The molecule has 1 rings (SSSR count). The first-order chi connectivity index (χ1) is 6.38. The Kier molecular flexibility index (Phi) is 5.02. The van der Waals surface area contributed by atoms with Crippen LogP contribution in [0.4, 0.5) is 0 Å². The minimum atomic E-state index is -1.85. The Labute approximate surface area is 98.7 Å². The van der Waals surface area contributed by atoms with Crippen LogP contribution in [0.25, 0.3) is 0 Å². The van der Waals surface area contributed by atoms with Crippen molar-refractivity contribution >= 4 is 28.4 Å². The molecule has 0 N–H and O–H groups in total. The summed E-state index contributed by atoms with van der Waals surface area (Å²) < 4.78 is 0. The Bertz CT molecular complexity index is 167. The predicted molar refractivity (Wildman–Crippen MR) is 71.1 cm³/mol. The third-order valence-electron chi connectivity index (χ3n) is 3.48. The molecular formula is C11H23Cl2P. The fourth-order valence-corrected chi connectivity index (χ4v) is 5.30. The van der Waals surface area contributed by atoms with Crippen molar-refractivity contribution < 1.29 is 0 Å². The molecule has 0 unspecified atom stereocenters. The summed E-state index contributed by atoms with van der Waals surface area (Å²) in [6.07, 6.45) is 6.58. The van der Waals surface area contributed by atoms with Gasteiger partial charge >= 0.3 is 98.6 Å². The van der Waals surface area contributed by atoms with Gasteiger partial charge in [0.2, 0.25) is 0 Å². The quantitative estimate of drug-likeness (QED) is 0.614. The summed E-state index contributed by atoms with van der Waals surface area (Å²) in [5.41, 5.74) is 0. The first kappa shape index (κ1) is 13.1. The van der Waals surface area contributed by atoms with Crippen LogP contribution in [0.2, 0.25) is 0 Å². The Hall–Kier alpha value is 1.01. The molecule has 0 amide bonds. The van der Waals surface area contributed by atoms with E-state index < -0.39 is 5.97 Å². The molecule has 0 aromatic carbocycles. The molecule has 1 saturated carbocycles. The molecule has 0 atom stereocenters. The maximum atomic E-state index is 6.17. The van der Waals surface area contributed by atoms with Crippen molar-refractivity contribution in [3.63, 3.8) is 0 Å². The van der Waals surface area contributed by atoms with E-state index in [4.69, 9.17) is 22.5 Å². The molecule has 3 heteroatoms. The Balaban J connectivity index is 2.29. The van der Waals surface area contributed by atoms with Gasteiger partial charge in [0.05, 0.1) is 0 Å². The summed E-state index contributed by atoms with van der Waals surface area (Å²) in [6, 6.07) is 0. The van der Waals surface area contributed by atoms with Crippen molar-refractivity contribution in [1.82, 2.24) is 0 Å². The molecule has 86 valence electrons. The molecule has 0 aliphatic heterocycles. The molecule has 1 aliphatic rings. The fourth-order valence-electron chi connectivity index (χ4n) is 2.57. The summed E-state index contributed by atoms with van der Waals surface area (Å²) in [7, 11) is 0. The Morgan fingerprint density at radius 2 is 1.64 bits per heavy atom. The van der Waals surface area contributed by atoms with E-state index in [1.165, 1.54) is 25.7 Å². The van der Waals surface area contributed by atoms with E-state index >= 15 is 0 Å². The van der Waals surface area contributed by atoms with Crippen LogP contribution in [-0.4, -0.2) is 12.8 Å². The first-order valence-electron chi connectivity index (χ1n) is 5.76. The van der Waals surface area contributed by atoms with Crippen molar-refractivity contribution in [3.05, 3.63) is 0 Å². The fraction of sp³-hybridized carbons (Fsp3) is 1.00. The molecular weight excluding hydrogens is 234 g/mol. The molecule has 0 heterocycles. The van der Waals surface area contributed by atoms with Crippen LogP contribution >= 0.6 is 28.4 Å². The van der Waals surface area contributed by atoms with E-state index in [1.54, 1.807) is 0 Å². The monoisotopic (exact) mass is 256 g/mol. The molecule has 14 heavy (non-hydrogen) atoms. The third-order valence-corrected chi connectivity index (χ3v) is 5.70. The van der Waals surface area contributed by atoms with E-state index in [2.05, 4.69) is 13.8 Å². The normalized spacial score (nSPS) is 30.7. The van der Waals surface area contributed by atoms with Gasteiger partial charge in [0.25, 0.3) is 0 Å². The van der Waals surface area contributed by atoms with Gasteiger partial charge in [-0.3, -0.25) is 0 Å². The molecule has 0 spiro atoms. The van der Waals surface area contributed by atoms with Gasteiger partial charge in [-0.25, -0.2) is 0 Å². The van der Waals surface area contributed by atoms with Crippen LogP contribution in [-0.2, 0) is 0 Å². The van der Waals surface area contributed by atoms with Crippen LogP contribution in [0, 0.1) is 17.8 Å². The molecule has 1 fully saturated rings. The zero-order valence-electron chi connectivity index (χ0n) is 9.52. The number of hydrogen-bond donors (Lipinski definition) is 0. The van der Waals surface area contributed by atoms with Crippen molar-refractivity contribution in [3.8, 4) is 0 Å². The number of halogens is 2. The van der Waals surface area contributed by atoms with Gasteiger partial charge in [0.1, 0.15) is 0 Å². The number of hydrogen-bond acceptors (Lipinski definition) is 0. The topological polar surface area (TPSA) is 0 Å². The standard InChI is InChI=1S/C11H23Cl2P/c1-9(2)11-6-4-10(5-7-11)8-14(3,12)13/h9-11,14H,4-8H2,1-3H3. The van der Waals surface area contributed by atoms with Crippen LogP contribution in [0.15, 0.2) is 0 Å². The Morgan fingerprint density at radius 1 is 1.14 bits per heavy atom. The molecule has 0 saturated heterocycles. The molecule has 1 aliphatic carbocycles. The number of rotatable bonds is 3. The minimum absolute atomic E-state index is 0.816. The van der Waals surface area contributed by atoms with E-state index in [0.29, 0.717) is 0 Å². The second-order valence-electron chi connectivity index (χ2n) is 5.30. The van der Waals surface area contributed by atoms with Gasteiger partial charge in [0, 0.05) is 0 Å². The SMILES string of the molecule is CC(C)C1CCC(C[PH](C)(Cl)Cl)CC1. The summed E-state index contributed by atoms with van der Waals surface area (Å²) in [5, 5.41) is 0. The average Bonchev–Trinajstić information content (AvgIpc) is 2.02. The summed E-state index contributed by atoms with van der Waals surface area (Å²) in [5.74, 6) is 0.769. The average molecular weight is 257 g/mol. The molecule has 0 aromatic heterocycles. The molecule has 0 nitrogen and oxygen atoms in total. The van der Waals surface area contributed by atoms with Crippen LogP contribution in [0.3, 0.4) is 0 Å². The van der Waals surface area contributed by atoms with Crippen molar-refractivity contribution in [2.24, 2.45) is 17.8 Å². The second kappa shape index (κ2) is 5.37. The van der Waals surface area contributed by atoms with Crippen molar-refractivity contribution in [2.75, 3.05) is 12.8 Å². The van der Waals surface area contributed by atoms with Gasteiger partial charge in [-0.15, -0.1) is 0 Å².